The molecule has 1 heterocycles. The number of likely N-dealkylation sites (N-methyl/N-ethyl adjacent to an activating group) is 1. The maximum absolute atomic E-state index is 11.5. The molecule has 5 amide bonds. The van der Waals surface area contributed by atoms with E-state index in [1.807, 2.05) is 32.6 Å². The molecule has 0 radical (unpaired) electrons. The Balaban J connectivity index is 0. The minimum absolute atomic E-state index is 0.00583. The van der Waals surface area contributed by atoms with Crippen LogP contribution in [0.2, 0.25) is 0 Å². The predicted octanol–water partition coefficient (Wildman–Crippen LogP) is 1.36. The molecule has 12 nitrogen and oxygen atoms in total. The fourth-order valence-electron chi connectivity index (χ4n) is 2.73. The summed E-state index contributed by atoms with van der Waals surface area (Å²) in [6, 6.07) is -0.779. The second-order valence-corrected chi connectivity index (χ2v) is 9.82. The minimum Gasteiger partial charge on any atom is -0.511 e. The Labute approximate surface area is 222 Å². The monoisotopic (exact) mass is 530 g/mol. The normalized spacial score (nSPS) is 14.0. The van der Waals surface area contributed by atoms with Gasteiger partial charge in [-0.15, -0.1) is 0 Å². The van der Waals surface area contributed by atoms with Crippen molar-refractivity contribution < 1.29 is 29.4 Å². The van der Waals surface area contributed by atoms with Crippen molar-refractivity contribution in [3.05, 3.63) is 12.3 Å². The van der Waals surface area contributed by atoms with Crippen molar-refractivity contribution in [1.29, 1.82) is 0 Å². The van der Waals surface area contributed by atoms with Crippen molar-refractivity contribution in [2.24, 2.45) is 0 Å². The fourth-order valence-corrected chi connectivity index (χ4v) is 2.73. The van der Waals surface area contributed by atoms with Crippen LogP contribution in [0.1, 0.15) is 61.3 Å². The summed E-state index contributed by atoms with van der Waals surface area (Å²) in [6.45, 7) is 19.3. The van der Waals surface area contributed by atoms with Crippen molar-refractivity contribution >= 4 is 23.8 Å². The lowest BCUT2D eigenvalue weighted by molar-refractivity contribution is -0.125. The molecule has 6 N–H and O–H groups in total. The van der Waals surface area contributed by atoms with Gasteiger partial charge in [0.2, 0.25) is 5.91 Å². The summed E-state index contributed by atoms with van der Waals surface area (Å²) >= 11 is 0. The highest BCUT2D eigenvalue weighted by atomic mass is 16.3. The molecule has 1 saturated heterocycles. The maximum Gasteiger partial charge on any atom is 0.317 e. The molecule has 216 valence electrons. The van der Waals surface area contributed by atoms with Crippen LogP contribution in [0.3, 0.4) is 0 Å². The van der Waals surface area contributed by atoms with Crippen molar-refractivity contribution in [1.82, 2.24) is 31.1 Å². The van der Waals surface area contributed by atoms with Crippen LogP contribution in [0.5, 0.6) is 0 Å². The van der Waals surface area contributed by atoms with Crippen LogP contribution in [-0.2, 0) is 9.59 Å². The van der Waals surface area contributed by atoms with Gasteiger partial charge in [-0.05, 0) is 55.5 Å². The molecular formula is C25H50N6O6. The molecule has 1 fully saturated rings. The number of hydrogen-bond acceptors (Lipinski definition) is 7. The van der Waals surface area contributed by atoms with Crippen molar-refractivity contribution in [3.8, 4) is 0 Å². The van der Waals surface area contributed by atoms with E-state index >= 15 is 0 Å². The van der Waals surface area contributed by atoms with E-state index in [-0.39, 0.29) is 48.2 Å². The fraction of sp³-hybridized carbons (Fsp3) is 0.760. The second kappa shape index (κ2) is 20.2. The van der Waals surface area contributed by atoms with E-state index < -0.39 is 12.1 Å². The lowest BCUT2D eigenvalue weighted by Crippen LogP contribution is -2.51. The van der Waals surface area contributed by atoms with E-state index in [1.54, 1.807) is 13.8 Å². The molecule has 0 aromatic heterocycles. The largest absolute Gasteiger partial charge is 0.511 e. The molecule has 12 heteroatoms. The van der Waals surface area contributed by atoms with Crippen LogP contribution in [0.4, 0.5) is 9.59 Å². The molecular weight excluding hydrogens is 480 g/mol. The summed E-state index contributed by atoms with van der Waals surface area (Å²) in [5.41, 5.74) is 0. The molecule has 0 aliphatic carbocycles. The highest BCUT2D eigenvalue weighted by Crippen LogP contribution is 1.99. The minimum atomic E-state index is -0.807. The quantitative estimate of drug-likeness (QED) is 0.245. The molecule has 1 aliphatic rings. The van der Waals surface area contributed by atoms with Gasteiger partial charge >= 0.3 is 12.1 Å². The lowest BCUT2D eigenvalue weighted by atomic mass is 10.2. The van der Waals surface area contributed by atoms with E-state index in [2.05, 4.69) is 39.8 Å². The number of piperazine rings is 1. The number of carbonyl (C=O) groups excluding carboxylic acids is 4. The number of ketones is 1. The van der Waals surface area contributed by atoms with Crippen molar-refractivity contribution in [2.45, 2.75) is 85.5 Å². The standard InChI is InChI=1S/C9H19N3O.C8H16N2O3.C8H15NO2/c1-8(2)10-9(13)12-6-4-11(3)5-7-12;1-5(2)9-8(13)10-7(4-11)6(3)12;1-6(2)9-8(11)5-4-7(3)10/h8H,4-7H2,1-3H3,(H,10,13);5,7,11-12H,3-4H2,1-2H3,(H2,9,10,13);6H,4-5H2,1-3H3,(H,9,11)/t;7-;/m.0./s1. The number of aliphatic hydroxyl groups is 2. The van der Waals surface area contributed by atoms with E-state index in [0.29, 0.717) is 12.8 Å². The number of nitrogens with zero attached hydrogens (tertiary/aromatic N) is 2. The summed E-state index contributed by atoms with van der Waals surface area (Å²) in [7, 11) is 2.08. The first-order valence-electron chi connectivity index (χ1n) is 12.7. The molecule has 1 aliphatic heterocycles. The van der Waals surface area contributed by atoms with Gasteiger partial charge in [-0.1, -0.05) is 6.58 Å². The third-order valence-corrected chi connectivity index (χ3v) is 4.67. The van der Waals surface area contributed by atoms with Crippen LogP contribution in [0, 0.1) is 0 Å². The Kier molecular flexibility index (Phi) is 19.8. The number of carbonyl (C=O) groups is 4. The number of Topliss-reactive ketones (excluding diaryl/α,β-unsaturated/α-hetero) is 1. The molecule has 0 aromatic rings. The highest BCUT2D eigenvalue weighted by Gasteiger charge is 2.18. The summed E-state index contributed by atoms with van der Waals surface area (Å²) in [5.74, 6) is -0.250. The van der Waals surface area contributed by atoms with Crippen LogP contribution >= 0.6 is 0 Å². The zero-order valence-electron chi connectivity index (χ0n) is 23.9. The van der Waals surface area contributed by atoms with Crippen LogP contribution in [-0.4, -0.2) is 108 Å². The summed E-state index contributed by atoms with van der Waals surface area (Å²) in [6.07, 6.45) is 0.659. The molecule has 1 rings (SSSR count). The van der Waals surface area contributed by atoms with Gasteiger partial charge < -0.3 is 46.1 Å². The number of amides is 5. The molecule has 0 aromatic carbocycles. The first-order chi connectivity index (χ1) is 17.1. The van der Waals surface area contributed by atoms with Gasteiger partial charge in [0.1, 0.15) is 17.6 Å². The van der Waals surface area contributed by atoms with E-state index in [9.17, 15) is 19.2 Å². The molecule has 0 bridgehead atoms. The van der Waals surface area contributed by atoms with Crippen LogP contribution in [0.25, 0.3) is 0 Å². The molecule has 0 saturated carbocycles. The maximum atomic E-state index is 11.5. The van der Waals surface area contributed by atoms with E-state index in [4.69, 9.17) is 10.2 Å². The van der Waals surface area contributed by atoms with Gasteiger partial charge in [-0.25, -0.2) is 9.59 Å². The van der Waals surface area contributed by atoms with Crippen molar-refractivity contribution in [3.63, 3.8) is 0 Å². The van der Waals surface area contributed by atoms with Gasteiger partial charge in [0.05, 0.1) is 6.61 Å². The number of rotatable bonds is 9. The average molecular weight is 531 g/mol. The second-order valence-electron chi connectivity index (χ2n) is 9.82. The number of aliphatic hydroxyl groups excluding tert-OH is 2. The first kappa shape index (κ1) is 36.3. The van der Waals surface area contributed by atoms with Gasteiger partial charge in [0.25, 0.3) is 0 Å². The third kappa shape index (κ3) is 22.1. The molecule has 37 heavy (non-hydrogen) atoms. The Morgan fingerprint density at radius 3 is 1.68 bits per heavy atom. The smallest absolute Gasteiger partial charge is 0.317 e. The SMILES string of the molecule is C=C(O)[C@H](CO)NC(=O)NC(C)C.CC(=O)CCC(=O)NC(C)C.CC(C)NC(=O)N1CCN(C)CC1. The lowest BCUT2D eigenvalue weighted by Gasteiger charge is -2.32. The van der Waals surface area contributed by atoms with Crippen LogP contribution < -0.4 is 21.3 Å². The Morgan fingerprint density at radius 1 is 0.811 bits per heavy atom. The van der Waals surface area contributed by atoms with Gasteiger partial charge in [-0.3, -0.25) is 4.79 Å². The van der Waals surface area contributed by atoms with Gasteiger partial charge in [-0.2, -0.15) is 0 Å². The number of urea groups is 2. The highest BCUT2D eigenvalue weighted by molar-refractivity contribution is 5.83. The Morgan fingerprint density at radius 2 is 1.30 bits per heavy atom. The molecule has 0 unspecified atom stereocenters. The Hall–Kier alpha value is -2.86. The predicted molar refractivity (Wildman–Crippen MR) is 145 cm³/mol. The van der Waals surface area contributed by atoms with Gasteiger partial charge in [0.15, 0.2) is 0 Å². The zero-order valence-corrected chi connectivity index (χ0v) is 23.9. The van der Waals surface area contributed by atoms with Crippen LogP contribution in [0.15, 0.2) is 12.3 Å². The zero-order chi connectivity index (χ0) is 29.1. The van der Waals surface area contributed by atoms with E-state index in [1.165, 1.54) is 6.92 Å². The average Bonchev–Trinajstić information content (AvgIpc) is 2.75. The molecule has 0 spiro atoms. The summed E-state index contributed by atoms with van der Waals surface area (Å²) in [4.78, 5) is 48.0. The number of nitrogens with one attached hydrogen (secondary N) is 4. The van der Waals surface area contributed by atoms with Crippen molar-refractivity contribution in [2.75, 3.05) is 39.8 Å². The summed E-state index contributed by atoms with van der Waals surface area (Å²) < 4.78 is 0. The van der Waals surface area contributed by atoms with Gasteiger partial charge in [0, 0.05) is 57.1 Å². The Bertz CT molecular complexity index is 706. The topological polar surface area (TPSA) is 163 Å². The van der Waals surface area contributed by atoms with E-state index in [0.717, 1.165) is 26.2 Å². The molecule has 1 atom stereocenters. The summed E-state index contributed by atoms with van der Waals surface area (Å²) in [5, 5.41) is 28.1. The first-order valence-corrected chi connectivity index (χ1v) is 12.7. The third-order valence-electron chi connectivity index (χ3n) is 4.67. The number of hydrogen-bond donors (Lipinski definition) is 6.